The molecule has 2 N–H and O–H groups in total. The zero-order valence-corrected chi connectivity index (χ0v) is 14.6. The lowest BCUT2D eigenvalue weighted by Gasteiger charge is -2.40. The Morgan fingerprint density at radius 1 is 1.45 bits per heavy atom. The van der Waals surface area contributed by atoms with Crippen LogP contribution in [0.1, 0.15) is 29.7 Å². The Bertz CT molecular complexity index is 557. The maximum atomic E-state index is 12.6. The first-order chi connectivity index (χ1) is 9.44. The molecule has 1 aromatic rings. The van der Waals surface area contributed by atoms with E-state index < -0.39 is 10.0 Å². The van der Waals surface area contributed by atoms with Crippen LogP contribution in [0.4, 0.5) is 0 Å². The summed E-state index contributed by atoms with van der Waals surface area (Å²) < 4.78 is 28.1. The highest BCUT2D eigenvalue weighted by Crippen LogP contribution is 2.42. The summed E-state index contributed by atoms with van der Waals surface area (Å²) in [5.74, 6) is 0. The van der Waals surface area contributed by atoms with Crippen molar-refractivity contribution in [1.82, 2.24) is 10.0 Å². The number of sulfonamides is 1. The van der Waals surface area contributed by atoms with E-state index >= 15 is 0 Å². The smallest absolute Gasteiger partial charge is 0.242 e. The van der Waals surface area contributed by atoms with Crippen LogP contribution in [0.5, 0.6) is 0 Å². The van der Waals surface area contributed by atoms with Crippen molar-refractivity contribution in [2.75, 3.05) is 19.8 Å². The van der Waals surface area contributed by atoms with Gasteiger partial charge < -0.3 is 5.32 Å². The fourth-order valence-electron chi connectivity index (χ4n) is 2.45. The predicted octanol–water partition coefficient (Wildman–Crippen LogP) is 2.34. The largest absolute Gasteiger partial charge is 0.315 e. The van der Waals surface area contributed by atoms with Crippen molar-refractivity contribution in [2.45, 2.75) is 42.4 Å². The molecule has 0 amide bonds. The molecular weight excluding hydrogens is 312 g/mol. The van der Waals surface area contributed by atoms with E-state index in [9.17, 15) is 8.42 Å². The van der Waals surface area contributed by atoms with Gasteiger partial charge in [0.1, 0.15) is 4.90 Å². The summed E-state index contributed by atoms with van der Waals surface area (Å²) in [6.45, 7) is 2.98. The zero-order valence-electron chi connectivity index (χ0n) is 12.2. The third-order valence-electron chi connectivity index (χ3n) is 3.88. The Morgan fingerprint density at radius 3 is 2.65 bits per heavy atom. The van der Waals surface area contributed by atoms with Gasteiger partial charge >= 0.3 is 0 Å². The number of thioether (sulfide) groups is 1. The molecule has 1 aromatic heterocycles. The van der Waals surface area contributed by atoms with Crippen LogP contribution in [0.25, 0.3) is 0 Å². The molecule has 0 aliphatic heterocycles. The lowest BCUT2D eigenvalue weighted by Crippen LogP contribution is -2.45. The highest BCUT2D eigenvalue weighted by atomic mass is 32.2. The molecular formula is C13H22N2O2S3. The predicted molar refractivity (Wildman–Crippen MR) is 87.1 cm³/mol. The van der Waals surface area contributed by atoms with Gasteiger partial charge in [0.25, 0.3) is 0 Å². The SMILES string of the molecule is CNCc1scc(C)c1S(=O)(=O)NCC1(SC)CCC1. The lowest BCUT2D eigenvalue weighted by molar-refractivity contribution is 0.362. The quantitative estimate of drug-likeness (QED) is 0.803. The van der Waals surface area contributed by atoms with Crippen LogP contribution >= 0.6 is 23.1 Å². The molecule has 1 aliphatic rings. The number of hydrogen-bond donors (Lipinski definition) is 2. The summed E-state index contributed by atoms with van der Waals surface area (Å²) in [6, 6.07) is 0. The van der Waals surface area contributed by atoms with E-state index in [4.69, 9.17) is 0 Å². The van der Waals surface area contributed by atoms with Gasteiger partial charge in [-0.1, -0.05) is 6.42 Å². The van der Waals surface area contributed by atoms with Gasteiger partial charge in [0.2, 0.25) is 10.0 Å². The van der Waals surface area contributed by atoms with Crippen LogP contribution in [0, 0.1) is 6.92 Å². The average molecular weight is 335 g/mol. The fraction of sp³-hybridized carbons (Fsp3) is 0.692. The van der Waals surface area contributed by atoms with Crippen molar-refractivity contribution < 1.29 is 8.42 Å². The Kier molecular flexibility index (Phi) is 5.18. The molecule has 0 bridgehead atoms. The van der Waals surface area contributed by atoms with Crippen LogP contribution in [0.3, 0.4) is 0 Å². The molecule has 114 valence electrons. The van der Waals surface area contributed by atoms with Crippen LogP contribution < -0.4 is 10.0 Å². The van der Waals surface area contributed by atoms with Gasteiger partial charge in [0.05, 0.1) is 0 Å². The van der Waals surface area contributed by atoms with Crippen molar-refractivity contribution >= 4 is 33.1 Å². The van der Waals surface area contributed by atoms with E-state index in [0.717, 1.165) is 23.3 Å². The van der Waals surface area contributed by atoms with Crippen molar-refractivity contribution in [3.63, 3.8) is 0 Å². The molecule has 2 rings (SSSR count). The van der Waals surface area contributed by atoms with Crippen molar-refractivity contribution in [3.05, 3.63) is 15.8 Å². The van der Waals surface area contributed by atoms with Crippen LogP contribution in [0.2, 0.25) is 0 Å². The Labute approximate surface area is 129 Å². The molecule has 20 heavy (non-hydrogen) atoms. The van der Waals surface area contributed by atoms with E-state index in [2.05, 4.69) is 16.3 Å². The van der Waals surface area contributed by atoms with Gasteiger partial charge in [0.15, 0.2) is 0 Å². The average Bonchev–Trinajstić information content (AvgIpc) is 2.71. The van der Waals surface area contributed by atoms with Crippen LogP contribution in [-0.4, -0.2) is 33.0 Å². The lowest BCUT2D eigenvalue weighted by atomic mass is 9.84. The molecule has 0 radical (unpaired) electrons. The second-order valence-electron chi connectivity index (χ2n) is 5.27. The molecule has 1 aliphatic carbocycles. The summed E-state index contributed by atoms with van der Waals surface area (Å²) in [5, 5.41) is 4.94. The summed E-state index contributed by atoms with van der Waals surface area (Å²) in [4.78, 5) is 1.34. The van der Waals surface area contributed by atoms with Gasteiger partial charge in [-0.2, -0.15) is 11.8 Å². The number of nitrogens with one attached hydrogen (secondary N) is 2. The molecule has 1 heterocycles. The first kappa shape index (κ1) is 16.3. The summed E-state index contributed by atoms with van der Waals surface area (Å²) in [7, 11) is -1.58. The second kappa shape index (κ2) is 6.36. The number of hydrogen-bond acceptors (Lipinski definition) is 5. The normalized spacial score (nSPS) is 17.9. The van der Waals surface area contributed by atoms with Gasteiger partial charge in [-0.25, -0.2) is 13.1 Å². The van der Waals surface area contributed by atoms with E-state index in [-0.39, 0.29) is 4.75 Å². The number of rotatable bonds is 7. The Morgan fingerprint density at radius 2 is 2.15 bits per heavy atom. The topological polar surface area (TPSA) is 58.2 Å². The first-order valence-electron chi connectivity index (χ1n) is 6.70. The molecule has 0 spiro atoms. The number of thiophene rings is 1. The van der Waals surface area contributed by atoms with Crippen molar-refractivity contribution in [3.8, 4) is 0 Å². The van der Waals surface area contributed by atoms with Gasteiger partial charge in [-0.3, -0.25) is 0 Å². The monoisotopic (exact) mass is 334 g/mol. The van der Waals surface area contributed by atoms with E-state index in [1.165, 1.54) is 17.8 Å². The zero-order chi connectivity index (χ0) is 14.8. The molecule has 0 unspecified atom stereocenters. The number of aryl methyl sites for hydroxylation is 1. The molecule has 0 aromatic carbocycles. The summed E-state index contributed by atoms with van der Waals surface area (Å²) >= 11 is 3.28. The molecule has 0 saturated heterocycles. The molecule has 4 nitrogen and oxygen atoms in total. The maximum Gasteiger partial charge on any atom is 0.242 e. The highest BCUT2D eigenvalue weighted by molar-refractivity contribution is 8.00. The van der Waals surface area contributed by atoms with Crippen LogP contribution in [-0.2, 0) is 16.6 Å². The highest BCUT2D eigenvalue weighted by Gasteiger charge is 2.37. The standard InChI is InChI=1S/C13H22N2O2S3/c1-10-8-19-11(7-14-2)12(10)20(16,17)15-9-13(18-3)5-4-6-13/h8,14-15H,4-7,9H2,1-3H3. The molecule has 1 saturated carbocycles. The minimum absolute atomic E-state index is 0.111. The van der Waals surface area contributed by atoms with E-state index in [1.807, 2.05) is 19.4 Å². The molecule has 1 fully saturated rings. The fourth-order valence-corrected chi connectivity index (χ4v) is 6.40. The van der Waals surface area contributed by atoms with E-state index in [0.29, 0.717) is 18.0 Å². The van der Waals surface area contributed by atoms with Gasteiger partial charge in [-0.15, -0.1) is 11.3 Å². The van der Waals surface area contributed by atoms with E-state index in [1.54, 1.807) is 11.8 Å². The third-order valence-corrected chi connectivity index (χ3v) is 8.16. The summed E-state index contributed by atoms with van der Waals surface area (Å²) in [6.07, 6.45) is 5.46. The van der Waals surface area contributed by atoms with Gasteiger partial charge in [0, 0.05) is 22.7 Å². The Balaban J connectivity index is 2.16. The minimum Gasteiger partial charge on any atom is -0.315 e. The maximum absolute atomic E-state index is 12.6. The summed E-state index contributed by atoms with van der Waals surface area (Å²) in [5.41, 5.74) is 0.833. The molecule has 0 atom stereocenters. The van der Waals surface area contributed by atoms with Crippen molar-refractivity contribution in [2.24, 2.45) is 0 Å². The van der Waals surface area contributed by atoms with Gasteiger partial charge in [-0.05, 0) is 44.0 Å². The Hall–Kier alpha value is -0.0800. The minimum atomic E-state index is -3.41. The molecule has 7 heteroatoms. The second-order valence-corrected chi connectivity index (χ2v) is 9.21. The van der Waals surface area contributed by atoms with Crippen LogP contribution in [0.15, 0.2) is 10.3 Å². The van der Waals surface area contributed by atoms with Crippen molar-refractivity contribution in [1.29, 1.82) is 0 Å². The third kappa shape index (κ3) is 3.22. The first-order valence-corrected chi connectivity index (χ1v) is 10.3.